The summed E-state index contributed by atoms with van der Waals surface area (Å²) in [7, 11) is 0. The molecule has 0 fully saturated rings. The minimum atomic E-state index is -0.952. The SMILES string of the molecule is CCCCC(Nc1ncc(Cl)c(C)c1C#N)C(=O)O. The third-order valence-corrected chi connectivity index (χ3v) is 3.23. The van der Waals surface area contributed by atoms with Crippen molar-refractivity contribution in [2.24, 2.45) is 0 Å². The number of rotatable bonds is 6. The lowest BCUT2D eigenvalue weighted by atomic mass is 10.1. The van der Waals surface area contributed by atoms with E-state index in [9.17, 15) is 4.79 Å². The molecule has 0 radical (unpaired) electrons. The van der Waals surface area contributed by atoms with Gasteiger partial charge in [-0.15, -0.1) is 0 Å². The van der Waals surface area contributed by atoms with Crippen LogP contribution in [0.2, 0.25) is 5.02 Å². The van der Waals surface area contributed by atoms with Crippen LogP contribution >= 0.6 is 11.6 Å². The van der Waals surface area contributed by atoms with E-state index in [0.717, 1.165) is 12.8 Å². The Balaban J connectivity index is 3.00. The quantitative estimate of drug-likeness (QED) is 0.837. The summed E-state index contributed by atoms with van der Waals surface area (Å²) in [6.07, 6.45) is 3.60. The van der Waals surface area contributed by atoms with Gasteiger partial charge in [-0.2, -0.15) is 5.26 Å². The van der Waals surface area contributed by atoms with Crippen molar-refractivity contribution in [2.75, 3.05) is 5.32 Å². The summed E-state index contributed by atoms with van der Waals surface area (Å²) in [6.45, 7) is 3.69. The van der Waals surface area contributed by atoms with Gasteiger partial charge >= 0.3 is 5.97 Å². The van der Waals surface area contributed by atoms with Crippen LogP contribution in [0.25, 0.3) is 0 Å². The van der Waals surface area contributed by atoms with E-state index in [2.05, 4.69) is 10.3 Å². The molecule has 1 rings (SSSR count). The molecule has 0 aliphatic carbocycles. The number of hydrogen-bond donors (Lipinski definition) is 2. The van der Waals surface area contributed by atoms with Crippen molar-refractivity contribution in [1.29, 1.82) is 5.26 Å². The lowest BCUT2D eigenvalue weighted by Gasteiger charge is -2.16. The average Bonchev–Trinajstić information content (AvgIpc) is 2.38. The lowest BCUT2D eigenvalue weighted by molar-refractivity contribution is -0.138. The standard InChI is InChI=1S/C13H16ClN3O2/c1-3-4-5-11(13(18)19)17-12-9(6-15)8(2)10(14)7-16-12/h7,11H,3-5H2,1-2H3,(H,16,17)(H,18,19). The van der Waals surface area contributed by atoms with E-state index >= 15 is 0 Å². The fraction of sp³-hybridized carbons (Fsp3) is 0.462. The first-order valence-corrected chi connectivity index (χ1v) is 6.43. The smallest absolute Gasteiger partial charge is 0.326 e. The molecule has 0 aliphatic heterocycles. The molecular formula is C13H16ClN3O2. The van der Waals surface area contributed by atoms with Crippen LogP contribution in [0.1, 0.15) is 37.3 Å². The van der Waals surface area contributed by atoms with Crippen molar-refractivity contribution in [3.63, 3.8) is 0 Å². The Morgan fingerprint density at radius 1 is 1.68 bits per heavy atom. The first-order valence-electron chi connectivity index (χ1n) is 6.05. The predicted molar refractivity (Wildman–Crippen MR) is 73.3 cm³/mol. The maximum Gasteiger partial charge on any atom is 0.326 e. The van der Waals surface area contributed by atoms with E-state index < -0.39 is 12.0 Å². The van der Waals surface area contributed by atoms with Crippen LogP contribution in [0.4, 0.5) is 5.82 Å². The number of carboxylic acid groups (broad SMARTS) is 1. The van der Waals surface area contributed by atoms with Crippen LogP contribution in [-0.2, 0) is 4.79 Å². The largest absolute Gasteiger partial charge is 0.480 e. The topological polar surface area (TPSA) is 86.0 Å². The highest BCUT2D eigenvalue weighted by molar-refractivity contribution is 6.31. The number of carbonyl (C=O) groups is 1. The van der Waals surface area contributed by atoms with Crippen LogP contribution in [0, 0.1) is 18.3 Å². The van der Waals surface area contributed by atoms with E-state index in [-0.39, 0.29) is 11.4 Å². The molecule has 102 valence electrons. The van der Waals surface area contributed by atoms with Crippen LogP contribution in [0.3, 0.4) is 0 Å². The number of pyridine rings is 1. The number of halogens is 1. The van der Waals surface area contributed by atoms with Gasteiger partial charge in [0.05, 0.1) is 10.6 Å². The minimum absolute atomic E-state index is 0.271. The molecular weight excluding hydrogens is 266 g/mol. The number of nitrogens with one attached hydrogen (secondary N) is 1. The van der Waals surface area contributed by atoms with Gasteiger partial charge in [-0.05, 0) is 18.9 Å². The van der Waals surface area contributed by atoms with Gasteiger partial charge in [-0.3, -0.25) is 0 Å². The molecule has 1 unspecified atom stereocenters. The Kier molecular flexibility index (Phi) is 5.58. The molecule has 1 aromatic rings. The molecule has 0 aliphatic rings. The van der Waals surface area contributed by atoms with Gasteiger partial charge in [-0.25, -0.2) is 9.78 Å². The molecule has 0 saturated carbocycles. The molecule has 6 heteroatoms. The Hall–Kier alpha value is -1.80. The molecule has 0 amide bonds. The van der Waals surface area contributed by atoms with E-state index in [0.29, 0.717) is 17.0 Å². The molecule has 1 atom stereocenters. The predicted octanol–water partition coefficient (Wildman–Crippen LogP) is 2.97. The summed E-state index contributed by atoms with van der Waals surface area (Å²) < 4.78 is 0. The zero-order valence-electron chi connectivity index (χ0n) is 10.9. The third kappa shape index (κ3) is 3.83. The van der Waals surface area contributed by atoms with Crippen molar-refractivity contribution in [3.8, 4) is 6.07 Å². The molecule has 2 N–H and O–H groups in total. The second-order valence-corrected chi connectivity index (χ2v) is 4.65. The number of aliphatic carboxylic acids is 1. The molecule has 1 heterocycles. The fourth-order valence-electron chi connectivity index (χ4n) is 1.66. The van der Waals surface area contributed by atoms with Gasteiger partial charge < -0.3 is 10.4 Å². The highest BCUT2D eigenvalue weighted by atomic mass is 35.5. The number of carboxylic acids is 1. The summed E-state index contributed by atoms with van der Waals surface area (Å²) in [4.78, 5) is 15.2. The number of hydrogen-bond acceptors (Lipinski definition) is 4. The summed E-state index contributed by atoms with van der Waals surface area (Å²) in [6, 6.07) is 1.25. The highest BCUT2D eigenvalue weighted by Gasteiger charge is 2.20. The van der Waals surface area contributed by atoms with Crippen molar-refractivity contribution in [3.05, 3.63) is 22.3 Å². The van der Waals surface area contributed by atoms with Crippen molar-refractivity contribution in [2.45, 2.75) is 39.2 Å². The number of anilines is 1. The molecule has 0 saturated heterocycles. The summed E-state index contributed by atoms with van der Waals surface area (Å²) in [5.74, 6) is -0.681. The summed E-state index contributed by atoms with van der Waals surface area (Å²) in [5, 5.41) is 21.5. The lowest BCUT2D eigenvalue weighted by Crippen LogP contribution is -2.30. The number of aromatic nitrogens is 1. The molecule has 0 aromatic carbocycles. The fourth-order valence-corrected chi connectivity index (χ4v) is 1.80. The second kappa shape index (κ2) is 6.95. The maximum absolute atomic E-state index is 11.2. The van der Waals surface area contributed by atoms with Gasteiger partial charge in [-0.1, -0.05) is 31.4 Å². The summed E-state index contributed by atoms with van der Waals surface area (Å²) in [5.41, 5.74) is 0.886. The van der Waals surface area contributed by atoms with Gasteiger partial charge in [0, 0.05) is 6.20 Å². The van der Waals surface area contributed by atoms with E-state index in [1.165, 1.54) is 6.20 Å². The zero-order chi connectivity index (χ0) is 14.4. The van der Waals surface area contributed by atoms with Gasteiger partial charge in [0.2, 0.25) is 0 Å². The van der Waals surface area contributed by atoms with E-state index in [1.807, 2.05) is 13.0 Å². The first-order chi connectivity index (χ1) is 9.01. The zero-order valence-corrected chi connectivity index (χ0v) is 11.7. The summed E-state index contributed by atoms with van der Waals surface area (Å²) >= 11 is 5.89. The average molecular weight is 282 g/mol. The van der Waals surface area contributed by atoms with Gasteiger partial charge in [0.25, 0.3) is 0 Å². The number of unbranched alkanes of at least 4 members (excludes halogenated alkanes) is 1. The Morgan fingerprint density at radius 3 is 2.89 bits per heavy atom. The minimum Gasteiger partial charge on any atom is -0.480 e. The monoisotopic (exact) mass is 281 g/mol. The maximum atomic E-state index is 11.2. The Morgan fingerprint density at radius 2 is 2.37 bits per heavy atom. The Labute approximate surface area is 117 Å². The highest BCUT2D eigenvalue weighted by Crippen LogP contribution is 2.24. The van der Waals surface area contributed by atoms with Crippen LogP contribution in [0.15, 0.2) is 6.20 Å². The van der Waals surface area contributed by atoms with Crippen LogP contribution in [-0.4, -0.2) is 22.1 Å². The Bertz CT molecular complexity index is 511. The second-order valence-electron chi connectivity index (χ2n) is 4.24. The van der Waals surface area contributed by atoms with Crippen molar-refractivity contribution < 1.29 is 9.90 Å². The first kappa shape index (κ1) is 15.3. The van der Waals surface area contributed by atoms with Gasteiger partial charge in [0.15, 0.2) is 0 Å². The molecule has 19 heavy (non-hydrogen) atoms. The molecule has 0 bridgehead atoms. The molecule has 5 nitrogen and oxygen atoms in total. The normalized spacial score (nSPS) is 11.7. The van der Waals surface area contributed by atoms with Crippen LogP contribution < -0.4 is 5.32 Å². The number of nitrogens with zero attached hydrogens (tertiary/aromatic N) is 2. The van der Waals surface area contributed by atoms with E-state index in [4.69, 9.17) is 22.0 Å². The molecule has 0 spiro atoms. The van der Waals surface area contributed by atoms with Crippen molar-refractivity contribution >= 4 is 23.4 Å². The number of nitriles is 1. The van der Waals surface area contributed by atoms with Crippen LogP contribution in [0.5, 0.6) is 0 Å². The van der Waals surface area contributed by atoms with Gasteiger partial charge in [0.1, 0.15) is 17.9 Å². The third-order valence-electron chi connectivity index (χ3n) is 2.84. The van der Waals surface area contributed by atoms with E-state index in [1.54, 1.807) is 6.92 Å². The van der Waals surface area contributed by atoms with Crippen molar-refractivity contribution in [1.82, 2.24) is 4.98 Å². The molecule has 1 aromatic heterocycles.